The zero-order chi connectivity index (χ0) is 12.5. The number of benzene rings is 1. The van der Waals surface area contributed by atoms with Gasteiger partial charge >= 0.3 is 0 Å². The molecule has 0 saturated heterocycles. The summed E-state index contributed by atoms with van der Waals surface area (Å²) in [4.78, 5) is 0. The Morgan fingerprint density at radius 2 is 1.82 bits per heavy atom. The molecule has 5 heteroatoms. The lowest BCUT2D eigenvalue weighted by molar-refractivity contribution is 0.296. The molecule has 0 aromatic heterocycles. The summed E-state index contributed by atoms with van der Waals surface area (Å²) in [5.41, 5.74) is 1.10. The zero-order valence-corrected chi connectivity index (χ0v) is 11.9. The van der Waals surface area contributed by atoms with Crippen LogP contribution in [0.4, 0.5) is 0 Å². The van der Waals surface area contributed by atoms with E-state index in [2.05, 4.69) is 5.32 Å². The van der Waals surface area contributed by atoms with Crippen molar-refractivity contribution < 1.29 is 5.11 Å². The molecule has 1 aromatic carbocycles. The molecule has 0 aliphatic rings. The molecule has 0 unspecified atom stereocenters. The fourth-order valence-electron chi connectivity index (χ4n) is 1.36. The molecule has 0 amide bonds. The van der Waals surface area contributed by atoms with Gasteiger partial charge in [-0.3, -0.25) is 0 Å². The molecule has 1 aromatic rings. The summed E-state index contributed by atoms with van der Waals surface area (Å²) in [5, 5.41) is 13.3. The monoisotopic (exact) mass is 293 g/mol. The van der Waals surface area contributed by atoms with E-state index in [1.54, 1.807) is 6.07 Å². The predicted molar refractivity (Wildman–Crippen MR) is 77.2 cm³/mol. The van der Waals surface area contributed by atoms with Gasteiger partial charge in [0.25, 0.3) is 0 Å². The van der Waals surface area contributed by atoms with Crippen molar-refractivity contribution in [2.75, 3.05) is 24.7 Å². The van der Waals surface area contributed by atoms with Gasteiger partial charge in [0.05, 0.1) is 0 Å². The SMILES string of the molecule is OCCCSCCNCc1cc(Cl)cc(Cl)c1. The minimum Gasteiger partial charge on any atom is -0.396 e. The first-order chi connectivity index (χ1) is 8.22. The second-order valence-corrected chi connectivity index (χ2v) is 5.74. The second-order valence-electron chi connectivity index (χ2n) is 3.64. The zero-order valence-electron chi connectivity index (χ0n) is 9.59. The van der Waals surface area contributed by atoms with Crippen LogP contribution in [0.1, 0.15) is 12.0 Å². The van der Waals surface area contributed by atoms with E-state index < -0.39 is 0 Å². The molecule has 0 aliphatic heterocycles. The molecule has 0 fully saturated rings. The first-order valence-electron chi connectivity index (χ1n) is 5.56. The summed E-state index contributed by atoms with van der Waals surface area (Å²) in [7, 11) is 0. The maximum absolute atomic E-state index is 8.62. The number of thioether (sulfide) groups is 1. The molecule has 0 saturated carbocycles. The van der Waals surface area contributed by atoms with E-state index in [-0.39, 0.29) is 6.61 Å². The highest BCUT2D eigenvalue weighted by Gasteiger charge is 1.98. The maximum Gasteiger partial charge on any atom is 0.0438 e. The minimum absolute atomic E-state index is 0.279. The van der Waals surface area contributed by atoms with Crippen LogP contribution < -0.4 is 5.32 Å². The molecular weight excluding hydrogens is 277 g/mol. The Morgan fingerprint density at radius 1 is 1.12 bits per heavy atom. The molecule has 0 heterocycles. The van der Waals surface area contributed by atoms with Gasteiger partial charge in [-0.2, -0.15) is 11.8 Å². The summed E-state index contributed by atoms with van der Waals surface area (Å²) < 4.78 is 0. The van der Waals surface area contributed by atoms with Gasteiger partial charge in [0.2, 0.25) is 0 Å². The van der Waals surface area contributed by atoms with Gasteiger partial charge in [0.1, 0.15) is 0 Å². The van der Waals surface area contributed by atoms with Crippen molar-refractivity contribution in [2.24, 2.45) is 0 Å². The number of halogens is 2. The van der Waals surface area contributed by atoms with Crippen LogP contribution in [-0.2, 0) is 6.54 Å². The Kier molecular flexibility index (Phi) is 8.06. The van der Waals surface area contributed by atoms with Crippen LogP contribution in [0.15, 0.2) is 18.2 Å². The van der Waals surface area contributed by atoms with Gasteiger partial charge in [-0.15, -0.1) is 0 Å². The third-order valence-corrected chi connectivity index (χ3v) is 3.63. The van der Waals surface area contributed by atoms with Gasteiger partial charge in [0, 0.05) is 35.5 Å². The Bertz CT molecular complexity index is 316. The molecule has 2 N–H and O–H groups in total. The Morgan fingerprint density at radius 3 is 2.47 bits per heavy atom. The quantitative estimate of drug-likeness (QED) is 0.722. The fraction of sp³-hybridized carbons (Fsp3) is 0.500. The summed E-state index contributed by atoms with van der Waals surface area (Å²) in [6, 6.07) is 5.57. The van der Waals surface area contributed by atoms with Crippen LogP contribution in [0, 0.1) is 0 Å². The molecule has 1 rings (SSSR count). The first-order valence-corrected chi connectivity index (χ1v) is 7.47. The van der Waals surface area contributed by atoms with Crippen molar-refractivity contribution in [1.82, 2.24) is 5.32 Å². The Hall–Kier alpha value is 0.0700. The van der Waals surface area contributed by atoms with Crippen LogP contribution in [-0.4, -0.2) is 29.8 Å². The highest BCUT2D eigenvalue weighted by Crippen LogP contribution is 2.18. The standard InChI is InChI=1S/C12H17Cl2NOS/c13-11-6-10(7-12(14)8-11)9-15-2-5-17-4-1-3-16/h6-8,15-16H,1-5,9H2. The Labute approximate surface area is 117 Å². The van der Waals surface area contributed by atoms with E-state index in [9.17, 15) is 0 Å². The van der Waals surface area contributed by atoms with Crippen LogP contribution in [0.25, 0.3) is 0 Å². The number of hydrogen-bond donors (Lipinski definition) is 2. The van der Waals surface area contributed by atoms with Gasteiger partial charge in [-0.05, 0) is 35.9 Å². The van der Waals surface area contributed by atoms with Crippen molar-refractivity contribution in [3.8, 4) is 0 Å². The van der Waals surface area contributed by atoms with Gasteiger partial charge in [-0.1, -0.05) is 23.2 Å². The van der Waals surface area contributed by atoms with E-state index >= 15 is 0 Å². The topological polar surface area (TPSA) is 32.3 Å². The molecule has 0 radical (unpaired) electrons. The lowest BCUT2D eigenvalue weighted by Gasteiger charge is -2.06. The maximum atomic E-state index is 8.62. The summed E-state index contributed by atoms with van der Waals surface area (Å²) >= 11 is 13.7. The van der Waals surface area contributed by atoms with E-state index in [1.807, 2.05) is 23.9 Å². The normalized spacial score (nSPS) is 10.8. The molecule has 0 spiro atoms. The fourth-order valence-corrected chi connectivity index (χ4v) is 2.76. The first kappa shape index (κ1) is 15.1. The lowest BCUT2D eigenvalue weighted by atomic mass is 10.2. The van der Waals surface area contributed by atoms with E-state index in [4.69, 9.17) is 28.3 Å². The third kappa shape index (κ3) is 7.17. The number of hydrogen-bond acceptors (Lipinski definition) is 3. The summed E-state index contributed by atoms with van der Waals surface area (Å²) in [6.45, 7) is 2.00. The molecule has 2 nitrogen and oxygen atoms in total. The molecule has 0 bridgehead atoms. The van der Waals surface area contributed by atoms with Crippen molar-refractivity contribution in [2.45, 2.75) is 13.0 Å². The van der Waals surface area contributed by atoms with E-state index in [1.165, 1.54) is 0 Å². The average molecular weight is 294 g/mol. The van der Waals surface area contributed by atoms with Crippen LogP contribution >= 0.6 is 35.0 Å². The van der Waals surface area contributed by atoms with Gasteiger partial charge in [-0.25, -0.2) is 0 Å². The smallest absolute Gasteiger partial charge is 0.0438 e. The molecule has 96 valence electrons. The van der Waals surface area contributed by atoms with Crippen molar-refractivity contribution in [3.63, 3.8) is 0 Å². The van der Waals surface area contributed by atoms with Gasteiger partial charge < -0.3 is 10.4 Å². The van der Waals surface area contributed by atoms with Crippen LogP contribution in [0.5, 0.6) is 0 Å². The highest BCUT2D eigenvalue weighted by atomic mass is 35.5. The van der Waals surface area contributed by atoms with Crippen LogP contribution in [0.2, 0.25) is 10.0 Å². The Balaban J connectivity index is 2.13. The molecular formula is C12H17Cl2NOS. The summed E-state index contributed by atoms with van der Waals surface area (Å²) in [5.74, 6) is 2.06. The van der Waals surface area contributed by atoms with Crippen LogP contribution in [0.3, 0.4) is 0 Å². The number of aliphatic hydroxyl groups excluding tert-OH is 1. The minimum atomic E-state index is 0.279. The molecule has 17 heavy (non-hydrogen) atoms. The van der Waals surface area contributed by atoms with Crippen molar-refractivity contribution >= 4 is 35.0 Å². The number of aliphatic hydroxyl groups is 1. The average Bonchev–Trinajstić information content (AvgIpc) is 2.26. The summed E-state index contributed by atoms with van der Waals surface area (Å²) in [6.07, 6.45) is 0.870. The predicted octanol–water partition coefficient (Wildman–Crippen LogP) is 3.20. The van der Waals surface area contributed by atoms with Crippen molar-refractivity contribution in [3.05, 3.63) is 33.8 Å². The highest BCUT2D eigenvalue weighted by molar-refractivity contribution is 7.99. The van der Waals surface area contributed by atoms with E-state index in [0.717, 1.165) is 36.6 Å². The second kappa shape index (κ2) is 9.06. The largest absolute Gasteiger partial charge is 0.396 e. The van der Waals surface area contributed by atoms with Gasteiger partial charge in [0.15, 0.2) is 0 Å². The van der Waals surface area contributed by atoms with E-state index in [0.29, 0.717) is 10.0 Å². The molecule has 0 aliphatic carbocycles. The number of rotatable bonds is 8. The third-order valence-electron chi connectivity index (χ3n) is 2.12. The number of nitrogens with one attached hydrogen (secondary N) is 1. The molecule has 0 atom stereocenters. The van der Waals surface area contributed by atoms with Crippen molar-refractivity contribution in [1.29, 1.82) is 0 Å². The lowest BCUT2D eigenvalue weighted by Crippen LogP contribution is -2.16.